The molecule has 0 unspecified atom stereocenters. The van der Waals surface area contributed by atoms with Crippen molar-refractivity contribution in [3.63, 3.8) is 0 Å². The Morgan fingerprint density at radius 2 is 1.72 bits per heavy atom. The summed E-state index contributed by atoms with van der Waals surface area (Å²) in [6, 6.07) is 22.2. The third-order valence-electron chi connectivity index (χ3n) is 7.53. The van der Waals surface area contributed by atoms with Gasteiger partial charge in [0.1, 0.15) is 11.4 Å². The zero-order valence-corrected chi connectivity index (χ0v) is 19.7. The number of nitrogens with zero attached hydrogens (tertiary/aromatic N) is 3. The van der Waals surface area contributed by atoms with Crippen molar-refractivity contribution in [1.82, 2.24) is 4.57 Å². The molecule has 2 N–H and O–H groups in total. The first-order valence-electron chi connectivity index (χ1n) is 11.8. The Bertz CT molecular complexity index is 1630. The molecule has 1 aromatic heterocycles. The Labute approximate surface area is 208 Å². The predicted molar refractivity (Wildman–Crippen MR) is 132 cm³/mol. The maximum Gasteiger partial charge on any atom is 0.205 e. The van der Waals surface area contributed by atoms with Crippen LogP contribution in [0.5, 0.6) is 17.5 Å². The molecule has 0 aliphatic carbocycles. The number of hydrogen-bond donors (Lipinski definition) is 2. The normalized spacial score (nSPS) is 21.8. The highest BCUT2D eigenvalue weighted by Gasteiger charge is 2.61. The van der Waals surface area contributed by atoms with Crippen molar-refractivity contribution in [2.75, 3.05) is 6.61 Å². The van der Waals surface area contributed by atoms with E-state index in [1.807, 2.05) is 31.2 Å². The van der Waals surface area contributed by atoms with Gasteiger partial charge in [0, 0.05) is 17.2 Å². The van der Waals surface area contributed by atoms with Gasteiger partial charge in [0.15, 0.2) is 0 Å². The monoisotopic (exact) mass is 477 g/mol. The van der Waals surface area contributed by atoms with E-state index in [2.05, 4.69) is 12.1 Å². The van der Waals surface area contributed by atoms with Gasteiger partial charge in [-0.15, -0.1) is 0 Å². The fourth-order valence-electron chi connectivity index (χ4n) is 5.90. The molecule has 0 amide bonds. The zero-order chi connectivity index (χ0) is 25.1. The minimum atomic E-state index is -0.799. The summed E-state index contributed by atoms with van der Waals surface area (Å²) in [5, 5.41) is 43.1. The molecule has 0 saturated carbocycles. The van der Waals surface area contributed by atoms with Crippen molar-refractivity contribution in [1.29, 1.82) is 10.5 Å². The quantitative estimate of drug-likeness (QED) is 0.393. The van der Waals surface area contributed by atoms with Gasteiger partial charge in [-0.05, 0) is 50.1 Å². The first-order valence-corrected chi connectivity index (χ1v) is 11.8. The molecule has 2 bridgehead atoms. The van der Waals surface area contributed by atoms with E-state index in [0.717, 1.165) is 10.8 Å². The SMILES string of the molecule is C[C@@]12CC[C@@](CCOc3cccc(C#N)c3)(O1)c1c2c(O)n(-c2ccc(C#N)c3ccccc23)c1O. The summed E-state index contributed by atoms with van der Waals surface area (Å²) in [7, 11) is 0. The second kappa shape index (κ2) is 7.78. The summed E-state index contributed by atoms with van der Waals surface area (Å²) in [6.07, 6.45) is 1.86. The first-order chi connectivity index (χ1) is 17.4. The Balaban J connectivity index is 1.42. The molecule has 36 heavy (non-hydrogen) atoms. The van der Waals surface area contributed by atoms with Crippen LogP contribution in [-0.4, -0.2) is 21.4 Å². The van der Waals surface area contributed by atoms with Crippen molar-refractivity contribution in [2.24, 2.45) is 0 Å². The first kappa shape index (κ1) is 22.0. The van der Waals surface area contributed by atoms with Crippen molar-refractivity contribution in [3.8, 4) is 35.3 Å². The Morgan fingerprint density at radius 3 is 2.50 bits per heavy atom. The molecule has 178 valence electrons. The van der Waals surface area contributed by atoms with E-state index in [4.69, 9.17) is 14.7 Å². The number of nitriles is 2. The lowest BCUT2D eigenvalue weighted by molar-refractivity contribution is -0.0876. The van der Waals surface area contributed by atoms with Gasteiger partial charge in [0.2, 0.25) is 11.8 Å². The van der Waals surface area contributed by atoms with E-state index in [0.29, 0.717) is 59.6 Å². The van der Waals surface area contributed by atoms with E-state index in [1.165, 1.54) is 4.57 Å². The minimum absolute atomic E-state index is 0.0518. The van der Waals surface area contributed by atoms with Crippen LogP contribution in [0.2, 0.25) is 0 Å². The van der Waals surface area contributed by atoms with Crippen LogP contribution < -0.4 is 4.74 Å². The largest absolute Gasteiger partial charge is 0.494 e. The van der Waals surface area contributed by atoms with Crippen LogP contribution in [0.3, 0.4) is 0 Å². The molecule has 0 radical (unpaired) electrons. The van der Waals surface area contributed by atoms with Gasteiger partial charge in [-0.25, -0.2) is 0 Å². The highest BCUT2D eigenvalue weighted by molar-refractivity contribution is 5.95. The number of fused-ring (bicyclic) bond motifs is 6. The molecule has 3 heterocycles. The summed E-state index contributed by atoms with van der Waals surface area (Å²) < 4.78 is 13.9. The summed E-state index contributed by atoms with van der Waals surface area (Å²) in [4.78, 5) is 0. The molecule has 7 nitrogen and oxygen atoms in total. The zero-order valence-electron chi connectivity index (χ0n) is 19.7. The molecular formula is C29H23N3O4. The van der Waals surface area contributed by atoms with Crippen molar-refractivity contribution in [3.05, 3.63) is 82.9 Å². The van der Waals surface area contributed by atoms with Crippen LogP contribution >= 0.6 is 0 Å². The molecule has 2 atom stereocenters. The number of benzene rings is 3. The fourth-order valence-corrected chi connectivity index (χ4v) is 5.90. The standard InChI is InChI=1S/C29H23N3O4/c1-28-11-12-29(36-28,13-14-35-20-6-4-5-18(15-20)16-30)25-24(28)26(33)32(27(25)34)23-10-9-19(17-31)21-7-2-3-8-22(21)23/h2-10,15,33-34H,11-14H2,1H3/t28-,29-/m0/s1. The van der Waals surface area contributed by atoms with E-state index in [-0.39, 0.29) is 11.8 Å². The molecule has 1 saturated heterocycles. The van der Waals surface area contributed by atoms with Gasteiger partial charge < -0.3 is 19.7 Å². The molecule has 2 aliphatic heterocycles. The number of hydrogen-bond acceptors (Lipinski definition) is 6. The fraction of sp³-hybridized carbons (Fsp3) is 0.241. The van der Waals surface area contributed by atoms with Gasteiger partial charge in [0.05, 0.1) is 52.3 Å². The molecule has 3 aromatic carbocycles. The number of aromatic hydroxyl groups is 2. The van der Waals surface area contributed by atoms with Gasteiger partial charge in [0.25, 0.3) is 0 Å². The van der Waals surface area contributed by atoms with Gasteiger partial charge in [-0.1, -0.05) is 30.3 Å². The highest BCUT2D eigenvalue weighted by atomic mass is 16.5. The van der Waals surface area contributed by atoms with Crippen LogP contribution in [-0.2, 0) is 15.9 Å². The average molecular weight is 478 g/mol. The molecule has 6 rings (SSSR count). The van der Waals surface area contributed by atoms with Crippen LogP contribution in [0, 0.1) is 22.7 Å². The molecule has 2 aliphatic rings. The third kappa shape index (κ3) is 3.00. The van der Waals surface area contributed by atoms with Gasteiger partial charge >= 0.3 is 0 Å². The molecule has 0 spiro atoms. The summed E-state index contributed by atoms with van der Waals surface area (Å²) in [6.45, 7) is 2.26. The van der Waals surface area contributed by atoms with E-state index in [1.54, 1.807) is 36.4 Å². The molecular weight excluding hydrogens is 454 g/mol. The molecule has 1 fully saturated rings. The highest BCUT2D eigenvalue weighted by Crippen LogP contribution is 2.65. The van der Waals surface area contributed by atoms with Crippen LogP contribution in [0.25, 0.3) is 16.5 Å². The average Bonchev–Trinajstić information content (AvgIpc) is 3.48. The number of rotatable bonds is 5. The lowest BCUT2D eigenvalue weighted by Crippen LogP contribution is -2.25. The third-order valence-corrected chi connectivity index (χ3v) is 7.53. The maximum atomic E-state index is 11.5. The predicted octanol–water partition coefficient (Wildman–Crippen LogP) is 5.49. The number of ether oxygens (including phenoxy) is 2. The summed E-state index contributed by atoms with van der Waals surface area (Å²) in [5.41, 5.74) is 1.31. The van der Waals surface area contributed by atoms with E-state index >= 15 is 0 Å². The minimum Gasteiger partial charge on any atom is -0.494 e. The van der Waals surface area contributed by atoms with Crippen molar-refractivity contribution >= 4 is 10.8 Å². The second-order valence-corrected chi connectivity index (χ2v) is 9.59. The molecule has 4 aromatic rings. The molecule has 7 heteroatoms. The van der Waals surface area contributed by atoms with Crippen LogP contribution in [0.15, 0.2) is 60.7 Å². The maximum absolute atomic E-state index is 11.5. The van der Waals surface area contributed by atoms with Gasteiger partial charge in [-0.3, -0.25) is 4.57 Å². The van der Waals surface area contributed by atoms with Crippen LogP contribution in [0.1, 0.15) is 48.4 Å². The van der Waals surface area contributed by atoms with E-state index < -0.39 is 11.2 Å². The Morgan fingerprint density at radius 1 is 0.944 bits per heavy atom. The summed E-state index contributed by atoms with van der Waals surface area (Å²) in [5.74, 6) is 0.481. The van der Waals surface area contributed by atoms with Crippen molar-refractivity contribution < 1.29 is 19.7 Å². The van der Waals surface area contributed by atoms with E-state index in [9.17, 15) is 15.5 Å². The van der Waals surface area contributed by atoms with Crippen LogP contribution in [0.4, 0.5) is 0 Å². The Kier molecular flexibility index (Phi) is 4.76. The summed E-state index contributed by atoms with van der Waals surface area (Å²) >= 11 is 0. The van der Waals surface area contributed by atoms with Gasteiger partial charge in [-0.2, -0.15) is 10.5 Å². The van der Waals surface area contributed by atoms with Crippen molar-refractivity contribution in [2.45, 2.75) is 37.4 Å². The number of aromatic nitrogens is 1. The Hall–Kier alpha value is -4.46. The lowest BCUT2D eigenvalue weighted by Gasteiger charge is -2.26. The topological polar surface area (TPSA) is 111 Å². The lowest BCUT2D eigenvalue weighted by atomic mass is 9.78. The second-order valence-electron chi connectivity index (χ2n) is 9.59. The smallest absolute Gasteiger partial charge is 0.205 e.